The lowest BCUT2D eigenvalue weighted by Gasteiger charge is -2.34. The number of aryl methyl sites for hydroxylation is 1. The number of hydrogen-bond acceptors (Lipinski definition) is 5. The molecule has 1 aliphatic rings. The van der Waals surface area contributed by atoms with Crippen LogP contribution < -0.4 is 29.7 Å². The second-order valence-corrected chi connectivity index (χ2v) is 7.99. The highest BCUT2D eigenvalue weighted by Crippen LogP contribution is 2.30. The van der Waals surface area contributed by atoms with E-state index in [0.717, 1.165) is 67.8 Å². The maximum Gasteiger partial charge on any atom is 0.191 e. The van der Waals surface area contributed by atoms with E-state index < -0.39 is 0 Å². The van der Waals surface area contributed by atoms with E-state index in [-0.39, 0.29) is 24.0 Å². The number of methoxy groups -OCH3 is 2. The van der Waals surface area contributed by atoms with Crippen molar-refractivity contribution < 1.29 is 14.2 Å². The number of hydrogen-bond donors (Lipinski definition) is 2. The van der Waals surface area contributed by atoms with Gasteiger partial charge in [0.25, 0.3) is 0 Å². The van der Waals surface area contributed by atoms with Crippen LogP contribution >= 0.6 is 24.0 Å². The lowest BCUT2D eigenvalue weighted by atomic mass is 10.0. The maximum absolute atomic E-state index is 5.79. The predicted molar refractivity (Wildman–Crippen MR) is 146 cm³/mol. The van der Waals surface area contributed by atoms with Crippen molar-refractivity contribution in [1.82, 2.24) is 10.6 Å². The molecule has 0 bridgehead atoms. The monoisotopic (exact) mass is 568 g/mol. The Morgan fingerprint density at radius 1 is 1.00 bits per heavy atom. The molecule has 1 fully saturated rings. The quantitative estimate of drug-likeness (QED) is 0.204. The Balaban J connectivity index is 0.00000385. The number of halogens is 1. The minimum absolute atomic E-state index is 0. The van der Waals surface area contributed by atoms with E-state index in [1.807, 2.05) is 25.2 Å². The third-order valence-electron chi connectivity index (χ3n) is 5.66. The molecule has 0 unspecified atom stereocenters. The van der Waals surface area contributed by atoms with E-state index in [9.17, 15) is 0 Å². The summed E-state index contributed by atoms with van der Waals surface area (Å²) in [6.07, 6.45) is 2.98. The van der Waals surface area contributed by atoms with Crippen molar-refractivity contribution in [3.8, 4) is 17.2 Å². The molecule has 0 radical (unpaired) electrons. The number of nitrogens with zero attached hydrogens (tertiary/aromatic N) is 2. The first-order chi connectivity index (χ1) is 15.6. The number of ether oxygens (including phenoxy) is 3. The van der Waals surface area contributed by atoms with Gasteiger partial charge >= 0.3 is 0 Å². The Morgan fingerprint density at radius 2 is 1.64 bits per heavy atom. The van der Waals surface area contributed by atoms with Gasteiger partial charge in [0.05, 0.1) is 20.8 Å². The van der Waals surface area contributed by atoms with Crippen LogP contribution in [0.4, 0.5) is 5.69 Å². The zero-order chi connectivity index (χ0) is 22.8. The summed E-state index contributed by atoms with van der Waals surface area (Å²) in [6.45, 7) is 5.50. The van der Waals surface area contributed by atoms with Gasteiger partial charge in [-0.05, 0) is 38.3 Å². The lowest BCUT2D eigenvalue weighted by Crippen LogP contribution is -2.49. The predicted octanol–water partition coefficient (Wildman–Crippen LogP) is 4.23. The third kappa shape index (κ3) is 8.49. The molecule has 0 amide bonds. The van der Waals surface area contributed by atoms with Gasteiger partial charge < -0.3 is 29.7 Å². The van der Waals surface area contributed by atoms with Gasteiger partial charge in [-0.3, -0.25) is 4.99 Å². The van der Waals surface area contributed by atoms with Gasteiger partial charge in [0.1, 0.15) is 17.2 Å². The summed E-state index contributed by atoms with van der Waals surface area (Å²) in [7, 11) is 5.18. The number of piperidine rings is 1. The molecular formula is C25H37IN4O3. The van der Waals surface area contributed by atoms with E-state index in [0.29, 0.717) is 12.6 Å². The summed E-state index contributed by atoms with van der Waals surface area (Å²) >= 11 is 0. The molecule has 0 spiro atoms. The minimum atomic E-state index is 0. The fourth-order valence-corrected chi connectivity index (χ4v) is 3.75. The summed E-state index contributed by atoms with van der Waals surface area (Å²) in [5.41, 5.74) is 2.37. The first-order valence-electron chi connectivity index (χ1n) is 11.3. The molecule has 0 atom stereocenters. The highest BCUT2D eigenvalue weighted by Gasteiger charge is 2.21. The van der Waals surface area contributed by atoms with Crippen LogP contribution in [0.1, 0.15) is 24.8 Å². The first kappa shape index (κ1) is 26.9. The molecule has 33 heavy (non-hydrogen) atoms. The standard InChI is InChI=1S/C25H36N4O3.HI/c1-19-6-8-22(9-7-19)32-15-5-12-27-25(26-2)28-20-10-13-29(14-11-20)21-16-23(30-3)18-24(17-21)31-4;/h6-9,16-18,20H,5,10-15H2,1-4H3,(H2,26,27,28);1H. The highest BCUT2D eigenvalue weighted by atomic mass is 127. The Labute approximate surface area is 214 Å². The number of nitrogens with one attached hydrogen (secondary N) is 2. The van der Waals surface area contributed by atoms with Crippen LogP contribution in [0.3, 0.4) is 0 Å². The molecule has 7 nitrogen and oxygen atoms in total. The van der Waals surface area contributed by atoms with Crippen molar-refractivity contribution in [2.45, 2.75) is 32.2 Å². The van der Waals surface area contributed by atoms with E-state index in [1.54, 1.807) is 14.2 Å². The summed E-state index contributed by atoms with van der Waals surface area (Å²) in [6, 6.07) is 14.6. The molecular weight excluding hydrogens is 531 g/mol. The second-order valence-electron chi connectivity index (χ2n) is 7.99. The topological polar surface area (TPSA) is 67.4 Å². The summed E-state index contributed by atoms with van der Waals surface area (Å²) in [5.74, 6) is 3.39. The summed E-state index contributed by atoms with van der Waals surface area (Å²) < 4.78 is 16.6. The highest BCUT2D eigenvalue weighted by molar-refractivity contribution is 14.0. The molecule has 1 aliphatic heterocycles. The fourth-order valence-electron chi connectivity index (χ4n) is 3.75. The molecule has 2 aromatic rings. The summed E-state index contributed by atoms with van der Waals surface area (Å²) in [5, 5.41) is 6.96. The van der Waals surface area contributed by atoms with Gasteiger partial charge in [-0.25, -0.2) is 0 Å². The Bertz CT molecular complexity index is 846. The van der Waals surface area contributed by atoms with Crippen LogP contribution in [0.25, 0.3) is 0 Å². The maximum atomic E-state index is 5.79. The number of anilines is 1. The van der Waals surface area contributed by atoms with E-state index >= 15 is 0 Å². The number of benzene rings is 2. The largest absolute Gasteiger partial charge is 0.497 e. The van der Waals surface area contributed by atoms with Gasteiger partial charge in [-0.15, -0.1) is 24.0 Å². The van der Waals surface area contributed by atoms with Crippen molar-refractivity contribution in [3.05, 3.63) is 48.0 Å². The third-order valence-corrected chi connectivity index (χ3v) is 5.66. The van der Waals surface area contributed by atoms with Crippen molar-refractivity contribution in [3.63, 3.8) is 0 Å². The molecule has 182 valence electrons. The molecule has 2 aromatic carbocycles. The second kappa shape index (κ2) is 14.0. The van der Waals surface area contributed by atoms with Crippen molar-refractivity contribution in [2.24, 2.45) is 4.99 Å². The molecule has 1 heterocycles. The van der Waals surface area contributed by atoms with Crippen LogP contribution in [0.5, 0.6) is 17.2 Å². The molecule has 1 saturated heterocycles. The van der Waals surface area contributed by atoms with Gasteiger partial charge in [0.15, 0.2) is 5.96 Å². The smallest absolute Gasteiger partial charge is 0.191 e. The van der Waals surface area contributed by atoms with Crippen LogP contribution in [0, 0.1) is 6.92 Å². The van der Waals surface area contributed by atoms with Crippen LogP contribution in [0.15, 0.2) is 47.5 Å². The molecule has 0 aliphatic carbocycles. The number of guanidine groups is 1. The van der Waals surface area contributed by atoms with Gasteiger partial charge in [-0.2, -0.15) is 0 Å². The fraction of sp³-hybridized carbons (Fsp3) is 0.480. The van der Waals surface area contributed by atoms with Crippen LogP contribution in [-0.2, 0) is 0 Å². The van der Waals surface area contributed by atoms with E-state index in [1.165, 1.54) is 5.56 Å². The van der Waals surface area contributed by atoms with Crippen molar-refractivity contribution in [2.75, 3.05) is 52.4 Å². The minimum Gasteiger partial charge on any atom is -0.497 e. The van der Waals surface area contributed by atoms with Gasteiger partial charge in [-0.1, -0.05) is 17.7 Å². The molecule has 0 saturated carbocycles. The Hall–Kier alpha value is -2.36. The van der Waals surface area contributed by atoms with E-state index in [2.05, 4.69) is 51.7 Å². The lowest BCUT2D eigenvalue weighted by molar-refractivity contribution is 0.311. The van der Waals surface area contributed by atoms with Crippen LogP contribution in [0.2, 0.25) is 0 Å². The number of rotatable bonds is 9. The summed E-state index contributed by atoms with van der Waals surface area (Å²) in [4.78, 5) is 6.75. The molecule has 0 aromatic heterocycles. The van der Waals surface area contributed by atoms with Crippen LogP contribution in [-0.4, -0.2) is 59.5 Å². The van der Waals surface area contributed by atoms with Crippen molar-refractivity contribution in [1.29, 1.82) is 0 Å². The molecule has 3 rings (SSSR count). The SMILES string of the molecule is CN=C(NCCCOc1ccc(C)cc1)NC1CCN(c2cc(OC)cc(OC)c2)CC1.I. The van der Waals surface area contributed by atoms with Crippen molar-refractivity contribution >= 4 is 35.6 Å². The van der Waals surface area contributed by atoms with Gasteiger partial charge in [0, 0.05) is 56.6 Å². The normalized spacial score (nSPS) is 14.3. The van der Waals surface area contributed by atoms with Gasteiger partial charge in [0.2, 0.25) is 0 Å². The first-order valence-corrected chi connectivity index (χ1v) is 11.3. The number of aliphatic imine (C=N–C) groups is 1. The zero-order valence-corrected chi connectivity index (χ0v) is 22.4. The Kier molecular flexibility index (Phi) is 11.4. The molecule has 2 N–H and O–H groups in total. The molecule has 8 heteroatoms. The Morgan fingerprint density at radius 3 is 2.21 bits per heavy atom. The zero-order valence-electron chi connectivity index (χ0n) is 20.1. The van der Waals surface area contributed by atoms with E-state index in [4.69, 9.17) is 14.2 Å². The average Bonchev–Trinajstić information content (AvgIpc) is 2.84. The average molecular weight is 569 g/mol.